The summed E-state index contributed by atoms with van der Waals surface area (Å²) in [5, 5.41) is 1.45. The maximum atomic E-state index is 3.56. The highest BCUT2D eigenvalue weighted by molar-refractivity contribution is 8.00. The first-order valence-electron chi connectivity index (χ1n) is 11.2. The Morgan fingerprint density at radius 3 is 2.69 bits per heavy atom. The molecule has 0 amide bonds. The van der Waals surface area contributed by atoms with Crippen molar-refractivity contribution in [2.45, 2.75) is 69.5 Å². The number of fused-ring (bicyclic) bond motifs is 3. The Bertz CT molecular complexity index is 973. The molecule has 3 nitrogen and oxygen atoms in total. The van der Waals surface area contributed by atoms with Crippen molar-refractivity contribution in [1.82, 2.24) is 9.47 Å². The molecule has 1 aliphatic carbocycles. The van der Waals surface area contributed by atoms with Crippen molar-refractivity contribution < 1.29 is 0 Å². The molecule has 1 aromatic heterocycles. The third-order valence-electron chi connectivity index (χ3n) is 6.60. The van der Waals surface area contributed by atoms with Crippen molar-refractivity contribution >= 4 is 28.5 Å². The van der Waals surface area contributed by atoms with Crippen molar-refractivity contribution in [2.24, 2.45) is 0 Å². The summed E-state index contributed by atoms with van der Waals surface area (Å²) in [6.45, 7) is 5.77. The lowest BCUT2D eigenvalue weighted by molar-refractivity contribution is 0.180. The molecule has 3 aromatic rings. The van der Waals surface area contributed by atoms with Crippen LogP contribution in [0.2, 0.25) is 0 Å². The highest BCUT2D eigenvalue weighted by Gasteiger charge is 2.29. The maximum absolute atomic E-state index is 3.56. The number of benzene rings is 2. The van der Waals surface area contributed by atoms with E-state index in [0.29, 0.717) is 0 Å². The molecule has 2 heterocycles. The number of aromatic nitrogens is 1. The molecule has 1 N–H and O–H groups in total. The zero-order valence-corrected chi connectivity index (χ0v) is 18.2. The lowest BCUT2D eigenvalue weighted by atomic mass is 10.0. The average molecular weight is 406 g/mol. The van der Waals surface area contributed by atoms with Gasteiger partial charge >= 0.3 is 0 Å². The van der Waals surface area contributed by atoms with E-state index in [-0.39, 0.29) is 0 Å². The Labute approximate surface area is 178 Å². The van der Waals surface area contributed by atoms with Gasteiger partial charge in [0.2, 0.25) is 0 Å². The second-order valence-electron chi connectivity index (χ2n) is 8.48. The molecule has 1 fully saturated rings. The van der Waals surface area contributed by atoms with E-state index in [1.54, 1.807) is 23.2 Å². The fourth-order valence-electron chi connectivity index (χ4n) is 5.20. The van der Waals surface area contributed by atoms with Crippen LogP contribution in [0.4, 0.5) is 5.69 Å². The van der Waals surface area contributed by atoms with E-state index in [9.17, 15) is 0 Å². The topological polar surface area (TPSA) is 20.2 Å². The average Bonchev–Trinajstić information content (AvgIpc) is 3.40. The van der Waals surface area contributed by atoms with E-state index in [1.807, 2.05) is 0 Å². The third-order valence-corrected chi connectivity index (χ3v) is 7.45. The zero-order chi connectivity index (χ0) is 19.6. The molecule has 5 rings (SSSR count). The molecule has 4 heteroatoms. The van der Waals surface area contributed by atoms with Gasteiger partial charge in [0.15, 0.2) is 0 Å². The summed E-state index contributed by atoms with van der Waals surface area (Å²) in [6, 6.07) is 18.3. The fourth-order valence-corrected chi connectivity index (χ4v) is 5.86. The number of rotatable bonds is 6. The molecule has 1 saturated carbocycles. The van der Waals surface area contributed by atoms with Gasteiger partial charge in [0.1, 0.15) is 0 Å². The minimum atomic E-state index is 0.808. The molecule has 0 unspecified atom stereocenters. The lowest BCUT2D eigenvalue weighted by Crippen LogP contribution is -2.38. The predicted molar refractivity (Wildman–Crippen MR) is 125 cm³/mol. The molecule has 2 aromatic carbocycles. The quantitative estimate of drug-likeness (QED) is 0.475. The summed E-state index contributed by atoms with van der Waals surface area (Å²) in [7, 11) is 0. The number of nitrogens with one attached hydrogen (secondary N) is 1. The Morgan fingerprint density at radius 1 is 1.07 bits per heavy atom. The van der Waals surface area contributed by atoms with Gasteiger partial charge in [-0.3, -0.25) is 4.90 Å². The van der Waals surface area contributed by atoms with Gasteiger partial charge in [-0.1, -0.05) is 38.0 Å². The summed E-state index contributed by atoms with van der Waals surface area (Å²) in [4.78, 5) is 4.01. The van der Waals surface area contributed by atoms with Gasteiger partial charge in [-0.15, -0.1) is 0 Å². The molecular weight excluding hydrogens is 374 g/mol. The van der Waals surface area contributed by atoms with Crippen molar-refractivity contribution in [3.8, 4) is 0 Å². The minimum absolute atomic E-state index is 0.808. The monoisotopic (exact) mass is 405 g/mol. The van der Waals surface area contributed by atoms with Crippen LogP contribution in [0.3, 0.4) is 0 Å². The molecule has 29 heavy (non-hydrogen) atoms. The summed E-state index contributed by atoms with van der Waals surface area (Å²) < 4.78 is 6.16. The second kappa shape index (κ2) is 8.45. The van der Waals surface area contributed by atoms with Gasteiger partial charge in [-0.05, 0) is 67.1 Å². The van der Waals surface area contributed by atoms with E-state index >= 15 is 0 Å². The number of hydrogen-bond acceptors (Lipinski definition) is 3. The van der Waals surface area contributed by atoms with Crippen LogP contribution < -0.4 is 4.72 Å². The van der Waals surface area contributed by atoms with Crippen LogP contribution in [-0.4, -0.2) is 22.1 Å². The van der Waals surface area contributed by atoms with E-state index < -0.39 is 0 Å². The predicted octanol–water partition coefficient (Wildman–Crippen LogP) is 6.47. The van der Waals surface area contributed by atoms with Crippen LogP contribution in [0.1, 0.15) is 50.3 Å². The SMILES string of the molecule is CCCn1c2c(c3cc(NSc4ccccc4)ccc31)CN(C1CCCC1)CC2. The van der Waals surface area contributed by atoms with Crippen molar-refractivity contribution in [1.29, 1.82) is 0 Å². The summed E-state index contributed by atoms with van der Waals surface area (Å²) in [6.07, 6.45) is 7.99. The van der Waals surface area contributed by atoms with Crippen LogP contribution in [-0.2, 0) is 19.5 Å². The number of hydrogen-bond donors (Lipinski definition) is 1. The maximum Gasteiger partial charge on any atom is 0.0487 e. The van der Waals surface area contributed by atoms with Crippen LogP contribution in [0.5, 0.6) is 0 Å². The van der Waals surface area contributed by atoms with Gasteiger partial charge in [-0.2, -0.15) is 0 Å². The molecule has 0 atom stereocenters. The number of nitrogens with zero attached hydrogens (tertiary/aromatic N) is 2. The molecule has 152 valence electrons. The Kier molecular flexibility index (Phi) is 5.56. The Hall–Kier alpha value is -1.91. The highest BCUT2D eigenvalue weighted by Crippen LogP contribution is 2.36. The molecular formula is C25H31N3S. The normalized spacial score (nSPS) is 17.7. The van der Waals surface area contributed by atoms with Crippen LogP contribution >= 0.6 is 11.9 Å². The van der Waals surface area contributed by atoms with Gasteiger partial charge in [-0.25, -0.2) is 0 Å². The van der Waals surface area contributed by atoms with E-state index in [4.69, 9.17) is 0 Å². The van der Waals surface area contributed by atoms with Crippen LogP contribution in [0.25, 0.3) is 10.9 Å². The van der Waals surface area contributed by atoms with Crippen LogP contribution in [0.15, 0.2) is 53.4 Å². The van der Waals surface area contributed by atoms with Gasteiger partial charge < -0.3 is 9.29 Å². The summed E-state index contributed by atoms with van der Waals surface area (Å²) >= 11 is 1.69. The van der Waals surface area contributed by atoms with E-state index in [1.165, 1.54) is 66.6 Å². The molecule has 1 aliphatic heterocycles. The third kappa shape index (κ3) is 3.80. The molecule has 0 spiro atoms. The standard InChI is InChI=1S/C25H31N3S/c1-2-15-28-24-13-12-19(26-29-21-10-4-3-5-11-21)17-22(24)23-18-27(16-14-25(23)28)20-8-6-7-9-20/h3-5,10-13,17,20,26H,2,6-9,14-16,18H2,1H3. The van der Waals surface area contributed by atoms with Gasteiger partial charge in [0.05, 0.1) is 0 Å². The Balaban J connectivity index is 1.46. The number of aryl methyl sites for hydroxylation is 1. The van der Waals surface area contributed by atoms with E-state index in [2.05, 4.69) is 69.6 Å². The largest absolute Gasteiger partial charge is 0.344 e. The number of anilines is 1. The van der Waals surface area contributed by atoms with Crippen molar-refractivity contribution in [3.05, 3.63) is 59.8 Å². The first kappa shape index (κ1) is 19.1. The molecule has 0 radical (unpaired) electrons. The van der Waals surface area contributed by atoms with Gasteiger partial charge in [0, 0.05) is 59.3 Å². The van der Waals surface area contributed by atoms with Gasteiger partial charge in [0.25, 0.3) is 0 Å². The van der Waals surface area contributed by atoms with E-state index in [0.717, 1.165) is 19.1 Å². The molecule has 0 saturated heterocycles. The lowest BCUT2D eigenvalue weighted by Gasteiger charge is -2.33. The molecule has 2 aliphatic rings. The first-order valence-corrected chi connectivity index (χ1v) is 12.0. The second-order valence-corrected chi connectivity index (χ2v) is 9.36. The smallest absolute Gasteiger partial charge is 0.0487 e. The molecule has 0 bridgehead atoms. The Morgan fingerprint density at radius 2 is 1.90 bits per heavy atom. The minimum Gasteiger partial charge on any atom is -0.344 e. The summed E-state index contributed by atoms with van der Waals surface area (Å²) in [5.74, 6) is 0. The first-order chi connectivity index (χ1) is 14.3. The fraction of sp³-hybridized carbons (Fsp3) is 0.440. The zero-order valence-electron chi connectivity index (χ0n) is 17.4. The summed E-state index contributed by atoms with van der Waals surface area (Å²) in [5.41, 5.74) is 5.78. The van der Waals surface area contributed by atoms with Crippen molar-refractivity contribution in [3.63, 3.8) is 0 Å². The van der Waals surface area contributed by atoms with Crippen LogP contribution in [0, 0.1) is 0 Å². The highest BCUT2D eigenvalue weighted by atomic mass is 32.2. The van der Waals surface area contributed by atoms with Crippen molar-refractivity contribution in [2.75, 3.05) is 11.3 Å².